The molecule has 162 valence electrons. The summed E-state index contributed by atoms with van der Waals surface area (Å²) >= 11 is 16.6. The van der Waals surface area contributed by atoms with Crippen LogP contribution in [0.25, 0.3) is 10.9 Å². The van der Waals surface area contributed by atoms with Gasteiger partial charge in [-0.2, -0.15) is 5.10 Å². The van der Waals surface area contributed by atoms with Gasteiger partial charge in [0.05, 0.1) is 21.6 Å². The lowest BCUT2D eigenvalue weighted by Gasteiger charge is -2.13. The standard InChI is InChI=1S/C22H13Br3ClN3O3/c23-14-6-5-12(17(24)8-14)11-32-20-13(7-15(26)9-18(20)25)10-27-29-21(30)16-3-1-2-4-19(16)28-22(29)31/h1-10H,11H2,(H,28,31). The second kappa shape index (κ2) is 9.74. The molecule has 0 atom stereocenters. The molecule has 32 heavy (non-hydrogen) atoms. The molecule has 6 nitrogen and oxygen atoms in total. The molecule has 4 rings (SSSR count). The normalized spacial score (nSPS) is 11.4. The van der Waals surface area contributed by atoms with Crippen molar-refractivity contribution >= 4 is 76.5 Å². The van der Waals surface area contributed by atoms with E-state index in [9.17, 15) is 9.59 Å². The molecule has 3 aromatic carbocycles. The van der Waals surface area contributed by atoms with Gasteiger partial charge in [0.15, 0.2) is 0 Å². The van der Waals surface area contributed by atoms with Gasteiger partial charge in [0, 0.05) is 25.1 Å². The zero-order valence-electron chi connectivity index (χ0n) is 16.1. The molecule has 0 radical (unpaired) electrons. The third kappa shape index (κ3) is 4.91. The molecule has 0 bridgehead atoms. The first-order chi connectivity index (χ1) is 15.3. The molecular weight excluding hydrogens is 629 g/mol. The molecule has 0 unspecified atom stereocenters. The molecule has 0 aliphatic carbocycles. The van der Waals surface area contributed by atoms with Gasteiger partial charge in [-0.15, -0.1) is 4.68 Å². The monoisotopic (exact) mass is 639 g/mol. The van der Waals surface area contributed by atoms with Crippen LogP contribution in [0.5, 0.6) is 5.75 Å². The van der Waals surface area contributed by atoms with Crippen LogP contribution in [0.3, 0.4) is 0 Å². The number of benzene rings is 3. The number of hydrogen-bond acceptors (Lipinski definition) is 4. The van der Waals surface area contributed by atoms with E-state index in [1.54, 1.807) is 36.4 Å². The number of aromatic amines is 1. The summed E-state index contributed by atoms with van der Waals surface area (Å²) in [6.07, 6.45) is 1.37. The Morgan fingerprint density at radius 2 is 1.81 bits per heavy atom. The van der Waals surface area contributed by atoms with E-state index in [2.05, 4.69) is 57.9 Å². The van der Waals surface area contributed by atoms with Crippen molar-refractivity contribution in [3.05, 3.63) is 105 Å². The van der Waals surface area contributed by atoms with Crippen LogP contribution in [0.1, 0.15) is 11.1 Å². The first kappa shape index (κ1) is 23.0. The topological polar surface area (TPSA) is 76.5 Å². The third-order valence-electron chi connectivity index (χ3n) is 4.52. The summed E-state index contributed by atoms with van der Waals surface area (Å²) in [5.74, 6) is 0.471. The molecule has 0 saturated carbocycles. The zero-order chi connectivity index (χ0) is 22.8. The fourth-order valence-corrected chi connectivity index (χ4v) is 5.10. The fourth-order valence-electron chi connectivity index (χ4n) is 2.99. The average molecular weight is 643 g/mol. The van der Waals surface area contributed by atoms with Crippen molar-refractivity contribution in [1.82, 2.24) is 9.66 Å². The molecule has 0 fully saturated rings. The summed E-state index contributed by atoms with van der Waals surface area (Å²) in [7, 11) is 0. The molecule has 1 heterocycles. The number of fused-ring (bicyclic) bond motifs is 1. The minimum Gasteiger partial charge on any atom is -0.487 e. The molecular formula is C22H13Br3ClN3O3. The Morgan fingerprint density at radius 1 is 1.03 bits per heavy atom. The van der Waals surface area contributed by atoms with Gasteiger partial charge in [0.25, 0.3) is 5.56 Å². The van der Waals surface area contributed by atoms with Crippen LogP contribution in [-0.4, -0.2) is 15.9 Å². The summed E-state index contributed by atoms with van der Waals surface area (Å²) in [6.45, 7) is 0.269. The predicted molar refractivity (Wildman–Crippen MR) is 137 cm³/mol. The van der Waals surface area contributed by atoms with Crippen molar-refractivity contribution in [1.29, 1.82) is 0 Å². The Bertz CT molecular complexity index is 1480. The van der Waals surface area contributed by atoms with Crippen LogP contribution < -0.4 is 16.0 Å². The van der Waals surface area contributed by atoms with E-state index in [4.69, 9.17) is 16.3 Å². The molecule has 0 saturated heterocycles. The lowest BCUT2D eigenvalue weighted by molar-refractivity contribution is 0.303. The number of rotatable bonds is 5. The molecule has 0 amide bonds. The smallest absolute Gasteiger partial charge is 0.349 e. The van der Waals surface area contributed by atoms with Gasteiger partial charge in [-0.25, -0.2) is 4.79 Å². The third-order valence-corrected chi connectivity index (χ3v) is 6.56. The molecule has 1 N–H and O–H groups in total. The largest absolute Gasteiger partial charge is 0.487 e. The van der Waals surface area contributed by atoms with Crippen molar-refractivity contribution in [3.63, 3.8) is 0 Å². The van der Waals surface area contributed by atoms with Crippen LogP contribution in [0.2, 0.25) is 5.02 Å². The highest BCUT2D eigenvalue weighted by atomic mass is 79.9. The van der Waals surface area contributed by atoms with Crippen LogP contribution in [0.4, 0.5) is 0 Å². The van der Waals surface area contributed by atoms with E-state index in [1.165, 1.54) is 6.21 Å². The Morgan fingerprint density at radius 3 is 2.59 bits per heavy atom. The van der Waals surface area contributed by atoms with Gasteiger partial charge in [0.2, 0.25) is 0 Å². The maximum absolute atomic E-state index is 12.7. The highest BCUT2D eigenvalue weighted by molar-refractivity contribution is 9.11. The van der Waals surface area contributed by atoms with Crippen molar-refractivity contribution in [2.45, 2.75) is 6.61 Å². The molecule has 0 spiro atoms. The van der Waals surface area contributed by atoms with Gasteiger partial charge >= 0.3 is 5.69 Å². The van der Waals surface area contributed by atoms with Gasteiger partial charge in [-0.3, -0.25) is 4.79 Å². The number of aromatic nitrogens is 2. The number of halogens is 4. The summed E-state index contributed by atoms with van der Waals surface area (Å²) in [4.78, 5) is 27.8. The molecule has 0 aliphatic heterocycles. The lowest BCUT2D eigenvalue weighted by atomic mass is 10.2. The fraction of sp³-hybridized carbons (Fsp3) is 0.0455. The van der Waals surface area contributed by atoms with Crippen molar-refractivity contribution < 1.29 is 4.74 Å². The highest BCUT2D eigenvalue weighted by Crippen LogP contribution is 2.33. The van der Waals surface area contributed by atoms with Gasteiger partial charge in [0.1, 0.15) is 12.4 Å². The Kier molecular flexibility index (Phi) is 6.99. The van der Waals surface area contributed by atoms with E-state index < -0.39 is 11.2 Å². The van der Waals surface area contributed by atoms with E-state index in [0.717, 1.165) is 19.2 Å². The van der Waals surface area contributed by atoms with Gasteiger partial charge in [-0.1, -0.05) is 61.7 Å². The molecule has 1 aromatic heterocycles. The number of H-pyrrole nitrogens is 1. The SMILES string of the molecule is O=c1[nH]c2ccccc2c(=O)n1N=Cc1cc(Cl)cc(Br)c1OCc1ccc(Br)cc1Br. The zero-order valence-corrected chi connectivity index (χ0v) is 21.6. The van der Waals surface area contributed by atoms with E-state index >= 15 is 0 Å². The Hall–Kier alpha value is -2.20. The maximum atomic E-state index is 12.7. The second-order valence-electron chi connectivity index (χ2n) is 6.67. The number of hydrogen-bond donors (Lipinski definition) is 1. The summed E-state index contributed by atoms with van der Waals surface area (Å²) < 4.78 is 9.25. The Labute approximate surface area is 212 Å². The first-order valence-corrected chi connectivity index (χ1v) is 11.9. The van der Waals surface area contributed by atoms with Crippen LogP contribution >= 0.6 is 59.4 Å². The second-order valence-corrected chi connectivity index (χ2v) is 9.73. The molecule has 10 heteroatoms. The average Bonchev–Trinajstić information content (AvgIpc) is 2.74. The number of ether oxygens (including phenoxy) is 1. The minimum atomic E-state index is -0.646. The van der Waals surface area contributed by atoms with E-state index in [-0.39, 0.29) is 6.61 Å². The summed E-state index contributed by atoms with van der Waals surface area (Å²) in [5, 5.41) is 4.91. The van der Waals surface area contributed by atoms with Gasteiger partial charge < -0.3 is 9.72 Å². The van der Waals surface area contributed by atoms with Gasteiger partial charge in [-0.05, 0) is 52.3 Å². The maximum Gasteiger partial charge on any atom is 0.349 e. The first-order valence-electron chi connectivity index (χ1n) is 9.17. The summed E-state index contributed by atoms with van der Waals surface area (Å²) in [6, 6.07) is 15.9. The van der Waals surface area contributed by atoms with Crippen LogP contribution in [0, 0.1) is 0 Å². The van der Waals surface area contributed by atoms with Crippen molar-refractivity contribution in [2.75, 3.05) is 0 Å². The van der Waals surface area contributed by atoms with Crippen LogP contribution in [0.15, 0.2) is 82.7 Å². The van der Waals surface area contributed by atoms with Crippen molar-refractivity contribution in [3.8, 4) is 5.75 Å². The number of nitrogens with one attached hydrogen (secondary N) is 1. The minimum absolute atomic E-state index is 0.269. The number of nitrogens with zero attached hydrogens (tertiary/aromatic N) is 2. The van der Waals surface area contributed by atoms with Crippen LogP contribution in [-0.2, 0) is 6.61 Å². The molecule has 4 aromatic rings. The summed E-state index contributed by atoms with van der Waals surface area (Å²) in [5.41, 5.74) is 0.705. The van der Waals surface area contributed by atoms with E-state index in [0.29, 0.717) is 31.7 Å². The highest BCUT2D eigenvalue weighted by Gasteiger charge is 2.12. The molecule has 0 aliphatic rings. The Balaban J connectivity index is 1.71. The number of para-hydroxylation sites is 1. The predicted octanol–water partition coefficient (Wildman–Crippen LogP) is 6.09. The quantitative estimate of drug-likeness (QED) is 0.268. The van der Waals surface area contributed by atoms with Crippen molar-refractivity contribution in [2.24, 2.45) is 5.10 Å². The van der Waals surface area contributed by atoms with E-state index in [1.807, 2.05) is 18.2 Å². The lowest BCUT2D eigenvalue weighted by Crippen LogP contribution is -2.32.